The predicted octanol–water partition coefficient (Wildman–Crippen LogP) is 4.55. The van der Waals surface area contributed by atoms with Crippen molar-refractivity contribution in [3.05, 3.63) is 54.1 Å². The van der Waals surface area contributed by atoms with Gasteiger partial charge in [-0.25, -0.2) is 8.78 Å². The molecule has 0 aliphatic carbocycles. The maximum atomic E-state index is 13.5. The third-order valence-corrected chi connectivity index (χ3v) is 4.20. The molecule has 122 valence electrons. The number of aromatic hydroxyl groups is 1. The fourth-order valence-electron chi connectivity index (χ4n) is 2.07. The highest BCUT2D eigenvalue weighted by Gasteiger charge is 2.12. The molecule has 0 saturated heterocycles. The minimum absolute atomic E-state index is 0.0197. The van der Waals surface area contributed by atoms with Crippen molar-refractivity contribution < 1.29 is 18.7 Å². The number of rotatable bonds is 4. The lowest BCUT2D eigenvalue weighted by Gasteiger charge is -1.99. The van der Waals surface area contributed by atoms with Gasteiger partial charge in [-0.1, -0.05) is 12.1 Å². The van der Waals surface area contributed by atoms with Gasteiger partial charge in [-0.3, -0.25) is 4.79 Å². The maximum absolute atomic E-state index is 13.5. The Labute approximate surface area is 139 Å². The first-order valence-corrected chi connectivity index (χ1v) is 7.85. The molecule has 0 bridgehead atoms. The van der Waals surface area contributed by atoms with Crippen molar-refractivity contribution in [2.75, 3.05) is 5.75 Å². The van der Waals surface area contributed by atoms with E-state index < -0.39 is 17.5 Å². The number of aromatic nitrogens is 1. The molecule has 0 saturated carbocycles. The normalized spacial score (nSPS) is 11.4. The summed E-state index contributed by atoms with van der Waals surface area (Å²) in [4.78, 5) is 14.7. The van der Waals surface area contributed by atoms with Gasteiger partial charge in [0.05, 0.1) is 11.3 Å². The largest absolute Gasteiger partial charge is 0.493 e. The number of hydrogen-bond acceptors (Lipinski definition) is 4. The van der Waals surface area contributed by atoms with Crippen LogP contribution in [0, 0.1) is 11.6 Å². The van der Waals surface area contributed by atoms with Gasteiger partial charge in [0, 0.05) is 10.3 Å². The van der Waals surface area contributed by atoms with Crippen LogP contribution in [0.2, 0.25) is 0 Å². The zero-order valence-electron chi connectivity index (χ0n) is 12.2. The van der Waals surface area contributed by atoms with Crippen molar-refractivity contribution >= 4 is 34.3 Å². The van der Waals surface area contributed by atoms with Gasteiger partial charge in [0.1, 0.15) is 11.6 Å². The predicted molar refractivity (Wildman–Crippen MR) is 86.6 cm³/mol. The number of carbonyl (C=O) groups excluding carboxylic acids is 1. The van der Waals surface area contributed by atoms with E-state index in [9.17, 15) is 18.7 Å². The number of aromatic amines is 1. The molecule has 0 aliphatic rings. The average molecular weight is 347 g/mol. The highest BCUT2D eigenvalue weighted by Crippen LogP contribution is 2.35. The molecule has 0 spiro atoms. The number of amides is 1. The van der Waals surface area contributed by atoms with Crippen LogP contribution < -0.4 is 0 Å². The highest BCUT2D eigenvalue weighted by atomic mass is 32.2. The summed E-state index contributed by atoms with van der Waals surface area (Å²) in [5, 5.41) is 17.3. The molecule has 2 N–H and O–H groups in total. The first kappa shape index (κ1) is 16.1. The van der Waals surface area contributed by atoms with Crippen LogP contribution in [-0.2, 0) is 4.79 Å². The second kappa shape index (κ2) is 6.79. The molecule has 0 atom stereocenters. The third-order valence-electron chi connectivity index (χ3n) is 3.16. The number of carbonyl (C=O) groups is 1. The number of azo groups is 1. The van der Waals surface area contributed by atoms with E-state index in [0.717, 1.165) is 11.8 Å². The highest BCUT2D eigenvalue weighted by molar-refractivity contribution is 8.00. The molecule has 0 fully saturated rings. The zero-order valence-corrected chi connectivity index (χ0v) is 13.0. The molecule has 3 aromatic rings. The number of halogens is 2. The van der Waals surface area contributed by atoms with Crippen molar-refractivity contribution in [3.63, 3.8) is 0 Å². The van der Waals surface area contributed by atoms with Crippen molar-refractivity contribution in [3.8, 4) is 5.88 Å². The second-order valence-corrected chi connectivity index (χ2v) is 5.84. The molecule has 1 amide bonds. The molecule has 1 heterocycles. The molecule has 8 heteroatoms. The zero-order chi connectivity index (χ0) is 17.1. The molecule has 0 radical (unpaired) electrons. The number of nitrogens with zero attached hydrogens (tertiary/aromatic N) is 2. The first-order chi connectivity index (χ1) is 11.5. The summed E-state index contributed by atoms with van der Waals surface area (Å²) in [5.74, 6) is -1.94. The van der Waals surface area contributed by atoms with E-state index in [1.54, 1.807) is 18.2 Å². The number of hydrogen-bond donors (Lipinski definition) is 2. The number of nitrogens with one attached hydrogen (secondary N) is 1. The average Bonchev–Trinajstić information content (AvgIpc) is 2.87. The third kappa shape index (κ3) is 3.43. The number of H-pyrrole nitrogens is 1. The van der Waals surface area contributed by atoms with Gasteiger partial charge < -0.3 is 10.1 Å². The lowest BCUT2D eigenvalue weighted by Crippen LogP contribution is -1.96. The minimum Gasteiger partial charge on any atom is -0.493 e. The Kier molecular flexibility index (Phi) is 4.57. The van der Waals surface area contributed by atoms with E-state index in [2.05, 4.69) is 15.2 Å². The van der Waals surface area contributed by atoms with E-state index in [0.29, 0.717) is 15.8 Å². The van der Waals surface area contributed by atoms with Crippen molar-refractivity contribution in [2.24, 2.45) is 10.2 Å². The fourth-order valence-corrected chi connectivity index (χ4v) is 2.79. The van der Waals surface area contributed by atoms with Crippen LogP contribution in [-0.4, -0.2) is 21.8 Å². The SMILES string of the molecule is O=C(CSc1ccccc1F)N=Nc1c(O)[nH]c2ccc(F)cc12. The number of thioether (sulfide) groups is 1. The molecule has 24 heavy (non-hydrogen) atoms. The van der Waals surface area contributed by atoms with Gasteiger partial charge in [0.2, 0.25) is 5.88 Å². The van der Waals surface area contributed by atoms with Crippen LogP contribution in [0.3, 0.4) is 0 Å². The van der Waals surface area contributed by atoms with Crippen LogP contribution in [0.15, 0.2) is 57.6 Å². The molecule has 0 unspecified atom stereocenters. The van der Waals surface area contributed by atoms with Crippen LogP contribution in [0.4, 0.5) is 14.5 Å². The summed E-state index contributed by atoms with van der Waals surface area (Å²) in [6, 6.07) is 9.93. The summed E-state index contributed by atoms with van der Waals surface area (Å²) in [6.07, 6.45) is 0. The van der Waals surface area contributed by atoms with E-state index in [1.165, 1.54) is 24.3 Å². The lowest BCUT2D eigenvalue weighted by molar-refractivity contribution is -0.115. The summed E-state index contributed by atoms with van der Waals surface area (Å²) in [5.41, 5.74) is 0.449. The lowest BCUT2D eigenvalue weighted by atomic mass is 10.2. The summed E-state index contributed by atoms with van der Waals surface area (Å²) in [7, 11) is 0. The molecule has 0 aliphatic heterocycles. The Morgan fingerprint density at radius 3 is 2.79 bits per heavy atom. The topological polar surface area (TPSA) is 77.8 Å². The molecule has 3 rings (SSSR count). The van der Waals surface area contributed by atoms with Crippen molar-refractivity contribution in [2.45, 2.75) is 4.90 Å². The Morgan fingerprint density at radius 1 is 1.21 bits per heavy atom. The summed E-state index contributed by atoms with van der Waals surface area (Å²) >= 11 is 0.994. The van der Waals surface area contributed by atoms with Crippen LogP contribution >= 0.6 is 11.8 Å². The first-order valence-electron chi connectivity index (χ1n) is 6.86. The van der Waals surface area contributed by atoms with E-state index in [4.69, 9.17) is 0 Å². The van der Waals surface area contributed by atoms with Gasteiger partial charge >= 0.3 is 0 Å². The molecular formula is C16H11F2N3O2S. The quantitative estimate of drug-likeness (QED) is 0.537. The van der Waals surface area contributed by atoms with Gasteiger partial charge in [0.25, 0.3) is 5.91 Å². The number of fused-ring (bicyclic) bond motifs is 1. The van der Waals surface area contributed by atoms with Gasteiger partial charge in [-0.2, -0.15) is 0 Å². The summed E-state index contributed by atoms with van der Waals surface area (Å²) in [6.45, 7) is 0. The summed E-state index contributed by atoms with van der Waals surface area (Å²) < 4.78 is 26.8. The van der Waals surface area contributed by atoms with Crippen molar-refractivity contribution in [1.82, 2.24) is 4.98 Å². The molecule has 5 nitrogen and oxygen atoms in total. The smallest absolute Gasteiger partial charge is 0.274 e. The Bertz CT molecular complexity index is 940. The van der Waals surface area contributed by atoms with Gasteiger partial charge in [-0.15, -0.1) is 22.0 Å². The van der Waals surface area contributed by atoms with Gasteiger partial charge in [0.15, 0.2) is 5.69 Å². The minimum atomic E-state index is -0.603. The van der Waals surface area contributed by atoms with Gasteiger partial charge in [-0.05, 0) is 30.3 Å². The van der Waals surface area contributed by atoms with E-state index in [1.807, 2.05) is 0 Å². The molecule has 2 aromatic carbocycles. The molecular weight excluding hydrogens is 336 g/mol. The van der Waals surface area contributed by atoms with Crippen LogP contribution in [0.1, 0.15) is 0 Å². The monoisotopic (exact) mass is 347 g/mol. The fraction of sp³-hybridized carbons (Fsp3) is 0.0625. The van der Waals surface area contributed by atoms with Crippen molar-refractivity contribution in [1.29, 1.82) is 0 Å². The van der Waals surface area contributed by atoms with E-state index in [-0.39, 0.29) is 17.3 Å². The van der Waals surface area contributed by atoms with Crippen LogP contribution in [0.5, 0.6) is 5.88 Å². The Morgan fingerprint density at radius 2 is 2.00 bits per heavy atom. The molecule has 1 aromatic heterocycles. The second-order valence-electron chi connectivity index (χ2n) is 4.82. The number of benzene rings is 2. The van der Waals surface area contributed by atoms with Crippen LogP contribution in [0.25, 0.3) is 10.9 Å². The standard InChI is InChI=1S/C16H11F2N3O2S/c17-9-5-6-12-10(7-9)15(16(23)19-12)21-20-14(22)8-24-13-4-2-1-3-11(13)18/h1-7,19,23H,8H2. The van der Waals surface area contributed by atoms with E-state index >= 15 is 0 Å². The Balaban J connectivity index is 1.74. The maximum Gasteiger partial charge on any atom is 0.274 e. The Hall–Kier alpha value is -2.74.